The lowest BCUT2D eigenvalue weighted by molar-refractivity contribution is 0.130. The molecule has 0 spiro atoms. The smallest absolute Gasteiger partial charge is 0.0922 e. The molecule has 4 heteroatoms. The van der Waals surface area contributed by atoms with Crippen molar-refractivity contribution >= 4 is 0 Å². The molecule has 0 amide bonds. The second-order valence-electron chi connectivity index (χ2n) is 5.64. The monoisotopic (exact) mass is 220 g/mol. The third kappa shape index (κ3) is 1.48. The van der Waals surface area contributed by atoms with E-state index in [2.05, 4.69) is 34.0 Å². The molecule has 4 nitrogen and oxygen atoms in total. The molecular formula is C12H20N4. The molecule has 0 saturated carbocycles. The summed E-state index contributed by atoms with van der Waals surface area (Å²) < 4.78 is 0. The van der Waals surface area contributed by atoms with Crippen molar-refractivity contribution in [3.63, 3.8) is 0 Å². The minimum Gasteiger partial charge on any atom is -0.347 e. The number of nitrogens with one attached hydrogen (secondary N) is 2. The third-order valence-electron chi connectivity index (χ3n) is 4.43. The number of H-pyrrole nitrogens is 1. The minimum absolute atomic E-state index is 0.305. The first-order chi connectivity index (χ1) is 7.68. The van der Waals surface area contributed by atoms with E-state index < -0.39 is 0 Å². The van der Waals surface area contributed by atoms with Crippen molar-refractivity contribution in [2.45, 2.75) is 25.9 Å². The van der Waals surface area contributed by atoms with Gasteiger partial charge < -0.3 is 10.3 Å². The van der Waals surface area contributed by atoms with Gasteiger partial charge in [-0.3, -0.25) is 4.90 Å². The molecule has 3 heterocycles. The van der Waals surface area contributed by atoms with E-state index in [1.165, 1.54) is 25.3 Å². The molecule has 2 aliphatic heterocycles. The molecule has 2 aliphatic rings. The fourth-order valence-corrected chi connectivity index (χ4v) is 3.35. The maximum atomic E-state index is 4.09. The number of hydrogen-bond acceptors (Lipinski definition) is 3. The van der Waals surface area contributed by atoms with E-state index in [9.17, 15) is 0 Å². The molecule has 2 N–H and O–H groups in total. The lowest BCUT2D eigenvalue weighted by Crippen LogP contribution is -2.43. The van der Waals surface area contributed by atoms with Gasteiger partial charge in [0.25, 0.3) is 0 Å². The van der Waals surface area contributed by atoms with Crippen LogP contribution in [0.1, 0.15) is 19.5 Å². The normalized spacial score (nSPS) is 33.1. The predicted molar refractivity (Wildman–Crippen MR) is 62.9 cm³/mol. The zero-order chi connectivity index (χ0) is 11.2. The Kier molecular flexibility index (Phi) is 2.30. The molecule has 1 aromatic heterocycles. The van der Waals surface area contributed by atoms with Crippen LogP contribution >= 0.6 is 0 Å². The van der Waals surface area contributed by atoms with E-state index >= 15 is 0 Å². The summed E-state index contributed by atoms with van der Waals surface area (Å²) in [6.45, 7) is 9.33. The summed E-state index contributed by atoms with van der Waals surface area (Å²) in [6.07, 6.45) is 3.70. The van der Waals surface area contributed by atoms with E-state index in [1.54, 1.807) is 6.33 Å². The quantitative estimate of drug-likeness (QED) is 0.776. The second kappa shape index (κ2) is 3.57. The number of likely N-dealkylation sites (tertiary alicyclic amines) is 1. The molecule has 0 aromatic carbocycles. The summed E-state index contributed by atoms with van der Waals surface area (Å²) in [7, 11) is 0. The van der Waals surface area contributed by atoms with E-state index in [-0.39, 0.29) is 0 Å². The maximum absolute atomic E-state index is 4.09. The molecule has 2 saturated heterocycles. The summed E-state index contributed by atoms with van der Waals surface area (Å²) in [6, 6.07) is 0. The van der Waals surface area contributed by atoms with Crippen LogP contribution < -0.4 is 5.32 Å². The van der Waals surface area contributed by atoms with Crippen molar-refractivity contribution in [3.05, 3.63) is 18.2 Å². The molecule has 16 heavy (non-hydrogen) atoms. The Hall–Kier alpha value is -0.870. The van der Waals surface area contributed by atoms with Gasteiger partial charge in [0, 0.05) is 37.1 Å². The van der Waals surface area contributed by atoms with Crippen molar-refractivity contribution in [1.29, 1.82) is 0 Å². The van der Waals surface area contributed by atoms with Gasteiger partial charge in [-0.2, -0.15) is 0 Å². The SMILES string of the molecule is CC1(C)C2CNCC2CN1Cc1cnc[nH]1. The standard InChI is InChI=1S/C12H20N4/c1-12(2)11-5-13-3-9(11)6-16(12)7-10-4-14-8-15-10/h4,8-9,11,13H,3,5-7H2,1-2H3,(H,14,15). The number of rotatable bonds is 2. The van der Waals surface area contributed by atoms with Crippen LogP contribution in [-0.2, 0) is 6.54 Å². The van der Waals surface area contributed by atoms with Crippen LogP contribution in [0.15, 0.2) is 12.5 Å². The molecular weight excluding hydrogens is 200 g/mol. The van der Waals surface area contributed by atoms with Gasteiger partial charge in [-0.1, -0.05) is 0 Å². The van der Waals surface area contributed by atoms with E-state index in [4.69, 9.17) is 0 Å². The van der Waals surface area contributed by atoms with Crippen molar-refractivity contribution in [1.82, 2.24) is 20.2 Å². The van der Waals surface area contributed by atoms with Crippen LogP contribution in [0, 0.1) is 11.8 Å². The number of aromatic nitrogens is 2. The zero-order valence-corrected chi connectivity index (χ0v) is 10.0. The van der Waals surface area contributed by atoms with E-state index in [0.29, 0.717) is 5.54 Å². The highest BCUT2D eigenvalue weighted by Crippen LogP contribution is 2.40. The molecule has 0 bridgehead atoms. The van der Waals surface area contributed by atoms with Gasteiger partial charge in [0.1, 0.15) is 0 Å². The van der Waals surface area contributed by atoms with Crippen molar-refractivity contribution in [3.8, 4) is 0 Å². The number of imidazole rings is 1. The first-order valence-corrected chi connectivity index (χ1v) is 6.11. The number of aromatic amines is 1. The van der Waals surface area contributed by atoms with Gasteiger partial charge in [0.15, 0.2) is 0 Å². The van der Waals surface area contributed by atoms with Gasteiger partial charge in [-0.15, -0.1) is 0 Å². The molecule has 1 aromatic rings. The largest absolute Gasteiger partial charge is 0.347 e. The fraction of sp³-hybridized carbons (Fsp3) is 0.750. The molecule has 0 aliphatic carbocycles. The number of nitrogens with zero attached hydrogens (tertiary/aromatic N) is 2. The lowest BCUT2D eigenvalue weighted by Gasteiger charge is -2.35. The molecule has 0 radical (unpaired) electrons. The summed E-state index contributed by atoms with van der Waals surface area (Å²) >= 11 is 0. The first kappa shape index (κ1) is 10.3. The van der Waals surface area contributed by atoms with Gasteiger partial charge in [-0.05, 0) is 32.2 Å². The molecule has 88 valence electrons. The minimum atomic E-state index is 0.305. The Labute approximate surface area is 96.4 Å². The Morgan fingerprint density at radius 1 is 1.50 bits per heavy atom. The van der Waals surface area contributed by atoms with Crippen LogP contribution in [0.2, 0.25) is 0 Å². The van der Waals surface area contributed by atoms with E-state index in [0.717, 1.165) is 18.4 Å². The molecule has 2 fully saturated rings. The molecule has 3 rings (SSSR count). The highest BCUT2D eigenvalue weighted by Gasteiger charge is 2.49. The summed E-state index contributed by atoms with van der Waals surface area (Å²) in [5.41, 5.74) is 1.53. The van der Waals surface area contributed by atoms with Crippen LogP contribution in [0.25, 0.3) is 0 Å². The Morgan fingerprint density at radius 3 is 3.06 bits per heavy atom. The predicted octanol–water partition coefficient (Wildman–Crippen LogP) is 0.839. The van der Waals surface area contributed by atoms with Gasteiger partial charge in [-0.25, -0.2) is 4.98 Å². The number of hydrogen-bond donors (Lipinski definition) is 2. The maximum Gasteiger partial charge on any atom is 0.0922 e. The van der Waals surface area contributed by atoms with Crippen molar-refractivity contribution in [2.24, 2.45) is 11.8 Å². The Balaban J connectivity index is 1.77. The summed E-state index contributed by atoms with van der Waals surface area (Å²) in [5.74, 6) is 1.63. The van der Waals surface area contributed by atoms with Crippen LogP contribution in [0.3, 0.4) is 0 Å². The van der Waals surface area contributed by atoms with Gasteiger partial charge in [0.05, 0.1) is 6.33 Å². The van der Waals surface area contributed by atoms with Crippen LogP contribution in [-0.4, -0.2) is 40.0 Å². The van der Waals surface area contributed by atoms with Crippen molar-refractivity contribution < 1.29 is 0 Å². The molecule has 2 atom stereocenters. The van der Waals surface area contributed by atoms with E-state index in [1.807, 2.05) is 6.20 Å². The highest BCUT2D eigenvalue weighted by molar-refractivity contribution is 5.07. The van der Waals surface area contributed by atoms with Crippen LogP contribution in [0.4, 0.5) is 0 Å². The fourth-order valence-electron chi connectivity index (χ4n) is 3.35. The summed E-state index contributed by atoms with van der Waals surface area (Å²) in [4.78, 5) is 9.88. The summed E-state index contributed by atoms with van der Waals surface area (Å²) in [5, 5.41) is 3.51. The third-order valence-corrected chi connectivity index (χ3v) is 4.43. The number of fused-ring (bicyclic) bond motifs is 1. The van der Waals surface area contributed by atoms with Crippen LogP contribution in [0.5, 0.6) is 0 Å². The average molecular weight is 220 g/mol. The lowest BCUT2D eigenvalue weighted by atomic mass is 9.85. The highest BCUT2D eigenvalue weighted by atomic mass is 15.3. The first-order valence-electron chi connectivity index (χ1n) is 6.11. The molecule has 2 unspecified atom stereocenters. The second-order valence-corrected chi connectivity index (χ2v) is 5.64. The topological polar surface area (TPSA) is 44.0 Å². The van der Waals surface area contributed by atoms with Crippen molar-refractivity contribution in [2.75, 3.05) is 19.6 Å². The Morgan fingerprint density at radius 2 is 2.38 bits per heavy atom. The van der Waals surface area contributed by atoms with Gasteiger partial charge in [0.2, 0.25) is 0 Å². The zero-order valence-electron chi connectivity index (χ0n) is 10.0. The average Bonchev–Trinajstić information content (AvgIpc) is 2.89. The van der Waals surface area contributed by atoms with Gasteiger partial charge >= 0.3 is 0 Å². The Bertz CT molecular complexity index is 357.